The molecule has 0 aliphatic carbocycles. The minimum absolute atomic E-state index is 0.124. The summed E-state index contributed by atoms with van der Waals surface area (Å²) < 4.78 is 0. The summed E-state index contributed by atoms with van der Waals surface area (Å²) in [5.74, 6) is 0.904. The summed E-state index contributed by atoms with van der Waals surface area (Å²) in [6.07, 6.45) is 5.98. The molecule has 1 aliphatic rings. The van der Waals surface area contributed by atoms with Crippen LogP contribution in [0.5, 0.6) is 5.75 Å². The van der Waals surface area contributed by atoms with Gasteiger partial charge in [0, 0.05) is 18.5 Å². The van der Waals surface area contributed by atoms with Gasteiger partial charge in [0.1, 0.15) is 6.61 Å². The molecule has 1 amide bonds. The van der Waals surface area contributed by atoms with Crippen LogP contribution >= 0.6 is 0 Å². The summed E-state index contributed by atoms with van der Waals surface area (Å²) >= 11 is 0. The lowest BCUT2D eigenvalue weighted by Gasteiger charge is -2.05. The van der Waals surface area contributed by atoms with Crippen LogP contribution in [0.25, 0.3) is 0 Å². The van der Waals surface area contributed by atoms with E-state index in [4.69, 9.17) is 9.78 Å². The van der Waals surface area contributed by atoms with Gasteiger partial charge in [0.15, 0.2) is 5.75 Å². The Bertz CT molecular complexity index is 445. The average molecular weight is 277 g/mol. The van der Waals surface area contributed by atoms with Gasteiger partial charge in [0.25, 0.3) is 0 Å². The third-order valence-electron chi connectivity index (χ3n) is 3.49. The predicted octanol–water partition coefficient (Wildman–Crippen LogP) is 3.14. The van der Waals surface area contributed by atoms with Gasteiger partial charge in [0.05, 0.1) is 0 Å². The Morgan fingerprint density at radius 1 is 1.30 bits per heavy atom. The molecule has 0 saturated heterocycles. The second-order valence-electron chi connectivity index (χ2n) is 5.20. The lowest BCUT2D eigenvalue weighted by Crippen LogP contribution is -2.24. The van der Waals surface area contributed by atoms with Gasteiger partial charge in [-0.15, -0.1) is 0 Å². The van der Waals surface area contributed by atoms with E-state index in [0.717, 1.165) is 36.3 Å². The highest BCUT2D eigenvalue weighted by atomic mass is 17.2. The predicted molar refractivity (Wildman–Crippen MR) is 77.3 cm³/mol. The number of unbranched alkanes of at least 4 members (excludes halogenated alkanes) is 3. The first-order valence-corrected chi connectivity index (χ1v) is 7.47. The first-order chi connectivity index (χ1) is 9.79. The van der Waals surface area contributed by atoms with Crippen LogP contribution in [-0.2, 0) is 22.7 Å². The summed E-state index contributed by atoms with van der Waals surface area (Å²) in [5.41, 5.74) is 2.17. The molecule has 0 atom stereocenters. The van der Waals surface area contributed by atoms with E-state index in [1.165, 1.54) is 19.3 Å². The Labute approximate surface area is 120 Å². The maximum atomic E-state index is 11.7. The minimum atomic E-state index is 0.124. The average Bonchev–Trinajstić information content (AvgIpc) is 2.92. The second kappa shape index (κ2) is 7.90. The highest BCUT2D eigenvalue weighted by Crippen LogP contribution is 2.27. The molecule has 1 heterocycles. The molecule has 4 nitrogen and oxygen atoms in total. The van der Waals surface area contributed by atoms with Gasteiger partial charge >= 0.3 is 0 Å². The van der Waals surface area contributed by atoms with Crippen molar-refractivity contribution in [2.45, 2.75) is 52.1 Å². The molecule has 0 saturated carbocycles. The molecule has 1 aromatic rings. The molecule has 0 unspecified atom stereocenters. The first-order valence-electron chi connectivity index (χ1n) is 7.47. The second-order valence-corrected chi connectivity index (χ2v) is 5.20. The van der Waals surface area contributed by atoms with E-state index in [9.17, 15) is 4.79 Å². The van der Waals surface area contributed by atoms with Crippen LogP contribution in [0.1, 0.15) is 50.2 Å². The molecule has 0 bridgehead atoms. The fourth-order valence-corrected chi connectivity index (χ4v) is 2.23. The van der Waals surface area contributed by atoms with E-state index in [0.29, 0.717) is 13.0 Å². The molecule has 2 rings (SSSR count). The maximum absolute atomic E-state index is 11.7. The number of hydrogen-bond donors (Lipinski definition) is 1. The van der Waals surface area contributed by atoms with Gasteiger partial charge < -0.3 is 10.2 Å². The van der Waals surface area contributed by atoms with Gasteiger partial charge in [0.2, 0.25) is 5.91 Å². The zero-order valence-electron chi connectivity index (χ0n) is 12.1. The van der Waals surface area contributed by atoms with Crippen LogP contribution < -0.4 is 10.2 Å². The number of aryl methyl sites for hydroxylation is 1. The van der Waals surface area contributed by atoms with Crippen LogP contribution in [-0.4, -0.2) is 12.5 Å². The summed E-state index contributed by atoms with van der Waals surface area (Å²) in [6, 6.07) is 5.99. The minimum Gasteiger partial charge on any atom is -0.356 e. The number of rotatable bonds is 8. The molecule has 0 spiro atoms. The Kier molecular flexibility index (Phi) is 5.87. The van der Waals surface area contributed by atoms with Crippen molar-refractivity contribution in [2.24, 2.45) is 0 Å². The Balaban J connectivity index is 1.66. The summed E-state index contributed by atoms with van der Waals surface area (Å²) in [7, 11) is 0. The maximum Gasteiger partial charge on any atom is 0.220 e. The van der Waals surface area contributed by atoms with E-state index < -0.39 is 0 Å². The fourth-order valence-electron chi connectivity index (χ4n) is 2.23. The van der Waals surface area contributed by atoms with Crippen LogP contribution in [0.15, 0.2) is 18.2 Å². The van der Waals surface area contributed by atoms with Crippen molar-refractivity contribution in [3.63, 3.8) is 0 Å². The smallest absolute Gasteiger partial charge is 0.220 e. The molecule has 20 heavy (non-hydrogen) atoms. The van der Waals surface area contributed by atoms with Crippen molar-refractivity contribution < 1.29 is 14.6 Å². The molecular formula is C16H23NO3. The molecule has 0 radical (unpaired) electrons. The van der Waals surface area contributed by atoms with E-state index in [-0.39, 0.29) is 5.91 Å². The van der Waals surface area contributed by atoms with Crippen molar-refractivity contribution in [3.05, 3.63) is 29.3 Å². The van der Waals surface area contributed by atoms with E-state index in [1.54, 1.807) is 0 Å². The van der Waals surface area contributed by atoms with Crippen molar-refractivity contribution in [1.29, 1.82) is 0 Å². The molecule has 0 fully saturated rings. The lowest BCUT2D eigenvalue weighted by atomic mass is 10.1. The van der Waals surface area contributed by atoms with E-state index in [2.05, 4.69) is 12.2 Å². The molecule has 0 aromatic heterocycles. The van der Waals surface area contributed by atoms with Crippen LogP contribution in [0.2, 0.25) is 0 Å². The summed E-state index contributed by atoms with van der Waals surface area (Å²) in [5, 5.41) is 2.97. The van der Waals surface area contributed by atoms with E-state index >= 15 is 0 Å². The van der Waals surface area contributed by atoms with Gasteiger partial charge in [-0.2, -0.15) is 4.89 Å². The monoisotopic (exact) mass is 277 g/mol. The van der Waals surface area contributed by atoms with Crippen molar-refractivity contribution in [3.8, 4) is 5.75 Å². The third-order valence-corrected chi connectivity index (χ3v) is 3.49. The van der Waals surface area contributed by atoms with E-state index in [1.807, 2.05) is 18.2 Å². The molecule has 110 valence electrons. The lowest BCUT2D eigenvalue weighted by molar-refractivity contribution is -0.194. The number of benzene rings is 1. The Morgan fingerprint density at radius 2 is 2.20 bits per heavy atom. The Morgan fingerprint density at radius 3 is 3.05 bits per heavy atom. The van der Waals surface area contributed by atoms with Gasteiger partial charge in [-0.3, -0.25) is 4.79 Å². The quantitative estimate of drug-likeness (QED) is 0.586. The van der Waals surface area contributed by atoms with Crippen molar-refractivity contribution in [2.75, 3.05) is 6.54 Å². The van der Waals surface area contributed by atoms with Crippen molar-refractivity contribution >= 4 is 5.91 Å². The third kappa shape index (κ3) is 4.53. The fraction of sp³-hybridized carbons (Fsp3) is 0.562. The molecule has 1 N–H and O–H groups in total. The van der Waals surface area contributed by atoms with Gasteiger partial charge in [-0.25, -0.2) is 0 Å². The largest absolute Gasteiger partial charge is 0.356 e. The number of hydrogen-bond acceptors (Lipinski definition) is 3. The zero-order chi connectivity index (χ0) is 14.2. The molecule has 1 aliphatic heterocycles. The molecular weight excluding hydrogens is 254 g/mol. The van der Waals surface area contributed by atoms with Gasteiger partial charge in [-0.1, -0.05) is 38.3 Å². The topological polar surface area (TPSA) is 47.6 Å². The number of amides is 1. The Hall–Kier alpha value is -1.55. The SMILES string of the molecule is CCCCCCNC(=O)CCc1ccc2c(c1)OOC2. The van der Waals surface area contributed by atoms with Crippen LogP contribution in [0, 0.1) is 0 Å². The molecule has 1 aromatic carbocycles. The zero-order valence-corrected chi connectivity index (χ0v) is 12.1. The summed E-state index contributed by atoms with van der Waals surface area (Å²) in [4.78, 5) is 21.7. The highest BCUT2D eigenvalue weighted by molar-refractivity contribution is 5.76. The van der Waals surface area contributed by atoms with Crippen molar-refractivity contribution in [1.82, 2.24) is 5.32 Å². The number of carbonyl (C=O) groups excluding carboxylic acids is 1. The number of nitrogens with one attached hydrogen (secondary N) is 1. The van der Waals surface area contributed by atoms with Crippen LogP contribution in [0.4, 0.5) is 0 Å². The van der Waals surface area contributed by atoms with Gasteiger partial charge in [-0.05, 0) is 24.5 Å². The first kappa shape index (κ1) is 14.9. The number of carbonyl (C=O) groups is 1. The standard InChI is InChI=1S/C16H23NO3/c1-2-3-4-5-10-17-16(18)9-7-13-6-8-14-12-19-20-15(14)11-13/h6,8,11H,2-5,7,9-10,12H2,1H3,(H,17,18). The normalized spacial score (nSPS) is 12.8. The number of fused-ring (bicyclic) bond motifs is 1. The highest BCUT2D eigenvalue weighted by Gasteiger charge is 2.14. The molecule has 4 heteroatoms. The summed E-state index contributed by atoms with van der Waals surface area (Å²) in [6.45, 7) is 3.48. The van der Waals surface area contributed by atoms with Crippen LogP contribution in [0.3, 0.4) is 0 Å².